The molecule has 1 aliphatic rings. The summed E-state index contributed by atoms with van der Waals surface area (Å²) >= 11 is 0. The first-order chi connectivity index (χ1) is 14.0. The van der Waals surface area contributed by atoms with Crippen molar-refractivity contribution in [1.29, 1.82) is 0 Å². The Bertz CT molecular complexity index is 1090. The van der Waals surface area contributed by atoms with Crippen LogP contribution in [-0.4, -0.2) is 56.3 Å². The number of anilines is 1. The van der Waals surface area contributed by atoms with Crippen LogP contribution in [0.1, 0.15) is 24.3 Å². The Morgan fingerprint density at radius 3 is 2.72 bits per heavy atom. The van der Waals surface area contributed by atoms with Crippen LogP contribution in [0.3, 0.4) is 0 Å². The van der Waals surface area contributed by atoms with Crippen LogP contribution in [-0.2, 0) is 9.47 Å². The topological polar surface area (TPSA) is 116 Å². The van der Waals surface area contributed by atoms with Crippen molar-refractivity contribution < 1.29 is 19.7 Å². The number of aromatic nitrogens is 3. The van der Waals surface area contributed by atoms with Crippen molar-refractivity contribution in [3.8, 4) is 11.8 Å². The standard InChI is InChI=1S/C21H22N4O4/c1-21(28-2)17(27)15(11-26)29-20(21)25-10-14(9-8-13-6-4-3-5-7-13)16-18(22)23-12-24-19(16)25/h3-7,10,12,15,17,20,26-27H,11H2,1-2H3,(H2,22,23,24)/t15?,17?,20?,21-/m1/s1. The number of aliphatic hydroxyl groups is 2. The van der Waals surface area contributed by atoms with Crippen LogP contribution < -0.4 is 5.73 Å². The van der Waals surface area contributed by atoms with Gasteiger partial charge in [-0.3, -0.25) is 0 Å². The Morgan fingerprint density at radius 1 is 1.28 bits per heavy atom. The van der Waals surface area contributed by atoms with Crippen LogP contribution >= 0.6 is 0 Å². The lowest BCUT2D eigenvalue weighted by atomic mass is 9.96. The largest absolute Gasteiger partial charge is 0.394 e. The molecule has 4 atom stereocenters. The second-order valence-electron chi connectivity index (χ2n) is 7.07. The van der Waals surface area contributed by atoms with E-state index in [1.54, 1.807) is 17.7 Å². The Labute approximate surface area is 167 Å². The summed E-state index contributed by atoms with van der Waals surface area (Å²) in [7, 11) is 1.49. The molecule has 1 aliphatic heterocycles. The van der Waals surface area contributed by atoms with Crippen molar-refractivity contribution in [3.05, 3.63) is 54.0 Å². The highest BCUT2D eigenvalue weighted by atomic mass is 16.6. The molecular weight excluding hydrogens is 372 g/mol. The summed E-state index contributed by atoms with van der Waals surface area (Å²) in [5.74, 6) is 6.54. The van der Waals surface area contributed by atoms with E-state index >= 15 is 0 Å². The highest BCUT2D eigenvalue weighted by Crippen LogP contribution is 2.42. The van der Waals surface area contributed by atoms with Crippen LogP contribution in [0.4, 0.5) is 5.82 Å². The van der Waals surface area contributed by atoms with Crippen molar-refractivity contribution in [1.82, 2.24) is 14.5 Å². The number of methoxy groups -OCH3 is 1. The normalized spacial score (nSPS) is 26.4. The maximum atomic E-state index is 10.6. The zero-order valence-corrected chi connectivity index (χ0v) is 16.1. The third-order valence-electron chi connectivity index (χ3n) is 5.36. The molecule has 3 heterocycles. The molecule has 150 valence electrons. The van der Waals surface area contributed by atoms with Crippen LogP contribution in [0, 0.1) is 11.8 Å². The third kappa shape index (κ3) is 3.14. The average molecular weight is 394 g/mol. The molecule has 3 aromatic rings. The Balaban J connectivity index is 1.87. The first-order valence-electron chi connectivity index (χ1n) is 9.17. The zero-order valence-electron chi connectivity index (χ0n) is 16.1. The Hall–Kier alpha value is -2.96. The minimum atomic E-state index is -1.11. The van der Waals surface area contributed by atoms with E-state index in [1.165, 1.54) is 13.4 Å². The number of benzene rings is 1. The van der Waals surface area contributed by atoms with Gasteiger partial charge in [0.25, 0.3) is 0 Å². The highest BCUT2D eigenvalue weighted by molar-refractivity contribution is 5.92. The predicted octanol–water partition coefficient (Wildman–Crippen LogP) is 1.07. The van der Waals surface area contributed by atoms with E-state index in [4.69, 9.17) is 15.2 Å². The molecule has 1 aromatic carbocycles. The first kappa shape index (κ1) is 19.4. The van der Waals surface area contributed by atoms with Crippen molar-refractivity contribution in [2.75, 3.05) is 19.5 Å². The fourth-order valence-electron chi connectivity index (χ4n) is 3.64. The monoisotopic (exact) mass is 394 g/mol. The lowest BCUT2D eigenvalue weighted by Gasteiger charge is -2.31. The quantitative estimate of drug-likeness (QED) is 0.569. The second kappa shape index (κ2) is 7.46. The molecule has 4 rings (SSSR count). The van der Waals surface area contributed by atoms with Gasteiger partial charge in [-0.05, 0) is 19.1 Å². The van der Waals surface area contributed by atoms with Crippen LogP contribution in [0.2, 0.25) is 0 Å². The molecule has 0 aliphatic carbocycles. The first-order valence-corrected chi connectivity index (χ1v) is 9.17. The summed E-state index contributed by atoms with van der Waals surface area (Å²) in [5, 5.41) is 20.8. The fourth-order valence-corrected chi connectivity index (χ4v) is 3.64. The van der Waals surface area contributed by atoms with E-state index in [-0.39, 0.29) is 6.61 Å². The van der Waals surface area contributed by atoms with Gasteiger partial charge >= 0.3 is 0 Å². The maximum absolute atomic E-state index is 10.6. The van der Waals surface area contributed by atoms with E-state index < -0.39 is 24.0 Å². The van der Waals surface area contributed by atoms with E-state index in [1.807, 2.05) is 30.3 Å². The van der Waals surface area contributed by atoms with Gasteiger partial charge in [0.2, 0.25) is 0 Å². The number of hydrogen-bond acceptors (Lipinski definition) is 7. The molecule has 0 amide bonds. The number of aliphatic hydroxyl groups excluding tert-OH is 2. The molecule has 0 spiro atoms. The van der Waals surface area contributed by atoms with Crippen molar-refractivity contribution >= 4 is 16.9 Å². The van der Waals surface area contributed by atoms with Crippen molar-refractivity contribution in [2.24, 2.45) is 0 Å². The molecule has 4 N–H and O–H groups in total. The Morgan fingerprint density at radius 2 is 2.03 bits per heavy atom. The van der Waals surface area contributed by atoms with Crippen molar-refractivity contribution in [3.63, 3.8) is 0 Å². The molecule has 8 nitrogen and oxygen atoms in total. The van der Waals surface area contributed by atoms with Gasteiger partial charge in [-0.1, -0.05) is 30.0 Å². The summed E-state index contributed by atoms with van der Waals surface area (Å²) in [6.45, 7) is 1.39. The van der Waals surface area contributed by atoms with E-state index in [0.717, 1.165) is 5.56 Å². The SMILES string of the molecule is CO[C@]1(C)C(O)C(CO)OC1n1cc(C#Cc2ccccc2)c2c(N)ncnc21. The van der Waals surface area contributed by atoms with Crippen LogP contribution in [0.15, 0.2) is 42.9 Å². The van der Waals surface area contributed by atoms with Crippen LogP contribution in [0.25, 0.3) is 11.0 Å². The summed E-state index contributed by atoms with van der Waals surface area (Å²) < 4.78 is 13.3. The minimum Gasteiger partial charge on any atom is -0.394 e. The van der Waals surface area contributed by atoms with Gasteiger partial charge in [-0.25, -0.2) is 9.97 Å². The van der Waals surface area contributed by atoms with Crippen molar-refractivity contribution in [2.45, 2.75) is 31.0 Å². The molecule has 2 aromatic heterocycles. The number of fused-ring (bicyclic) bond motifs is 1. The number of nitrogens with zero attached hydrogens (tertiary/aromatic N) is 3. The predicted molar refractivity (Wildman–Crippen MR) is 107 cm³/mol. The van der Waals surface area contributed by atoms with Crippen LogP contribution in [0.5, 0.6) is 0 Å². The van der Waals surface area contributed by atoms with E-state index in [9.17, 15) is 10.2 Å². The third-order valence-corrected chi connectivity index (χ3v) is 5.36. The van der Waals surface area contributed by atoms with Gasteiger partial charge in [0, 0.05) is 18.9 Å². The molecule has 29 heavy (non-hydrogen) atoms. The molecule has 0 saturated carbocycles. The molecule has 0 bridgehead atoms. The molecule has 1 saturated heterocycles. The van der Waals surface area contributed by atoms with E-state index in [2.05, 4.69) is 21.8 Å². The number of nitrogens with two attached hydrogens (primary N) is 1. The smallest absolute Gasteiger partial charge is 0.167 e. The summed E-state index contributed by atoms with van der Waals surface area (Å²) in [6, 6.07) is 9.58. The minimum absolute atomic E-state index is 0.294. The average Bonchev–Trinajstić information content (AvgIpc) is 3.24. The van der Waals surface area contributed by atoms with E-state index in [0.29, 0.717) is 22.4 Å². The lowest BCUT2D eigenvalue weighted by molar-refractivity contribution is -0.118. The number of rotatable bonds is 3. The molecule has 8 heteroatoms. The highest BCUT2D eigenvalue weighted by Gasteiger charge is 2.54. The number of ether oxygens (including phenoxy) is 2. The van der Waals surface area contributed by atoms with Gasteiger partial charge in [0.15, 0.2) is 6.23 Å². The van der Waals surface area contributed by atoms with Gasteiger partial charge < -0.3 is 30.0 Å². The fraction of sp³-hybridized carbons (Fsp3) is 0.333. The number of nitrogen functional groups attached to an aromatic ring is 1. The second-order valence-corrected chi connectivity index (χ2v) is 7.07. The summed E-state index contributed by atoms with van der Waals surface area (Å²) in [4.78, 5) is 8.45. The molecule has 0 radical (unpaired) electrons. The molecule has 1 fully saturated rings. The van der Waals surface area contributed by atoms with Gasteiger partial charge in [0.1, 0.15) is 35.6 Å². The Kier molecular flexibility index (Phi) is 4.98. The lowest BCUT2D eigenvalue weighted by Crippen LogP contribution is -2.46. The summed E-state index contributed by atoms with van der Waals surface area (Å²) in [6.07, 6.45) is 0.559. The van der Waals surface area contributed by atoms with Gasteiger partial charge in [0.05, 0.1) is 17.6 Å². The summed E-state index contributed by atoms with van der Waals surface area (Å²) in [5.41, 5.74) is 7.02. The zero-order chi connectivity index (χ0) is 20.6. The molecular formula is C21H22N4O4. The van der Waals surface area contributed by atoms with Gasteiger partial charge in [-0.15, -0.1) is 0 Å². The maximum Gasteiger partial charge on any atom is 0.167 e. The molecule has 3 unspecified atom stereocenters. The number of hydrogen-bond donors (Lipinski definition) is 3. The van der Waals surface area contributed by atoms with Gasteiger partial charge in [-0.2, -0.15) is 0 Å².